The number of anilines is 1. The van der Waals surface area contributed by atoms with Crippen molar-refractivity contribution < 1.29 is 17.9 Å². The molecular formula is C22H28N2O4S. The Balaban J connectivity index is 1.39. The van der Waals surface area contributed by atoms with E-state index in [-0.39, 0.29) is 23.8 Å². The molecule has 0 unspecified atom stereocenters. The molecule has 2 aromatic rings. The number of nitrogens with one attached hydrogen (secondary N) is 1. The molecule has 0 radical (unpaired) electrons. The van der Waals surface area contributed by atoms with E-state index in [4.69, 9.17) is 4.74 Å². The van der Waals surface area contributed by atoms with Crippen molar-refractivity contribution in [2.45, 2.75) is 31.6 Å². The minimum absolute atomic E-state index is 0.0131. The zero-order valence-corrected chi connectivity index (χ0v) is 17.7. The number of sulfonamides is 1. The Morgan fingerprint density at radius 1 is 1.14 bits per heavy atom. The van der Waals surface area contributed by atoms with E-state index in [1.807, 2.05) is 32.0 Å². The van der Waals surface area contributed by atoms with Crippen LogP contribution in [0.3, 0.4) is 0 Å². The maximum Gasteiger partial charge on any atom is 0.307 e. The summed E-state index contributed by atoms with van der Waals surface area (Å²) in [6.07, 6.45) is 0.987. The van der Waals surface area contributed by atoms with Crippen LogP contribution in [0.25, 0.3) is 0 Å². The predicted octanol–water partition coefficient (Wildman–Crippen LogP) is 3.04. The molecule has 7 heteroatoms. The molecule has 1 aliphatic rings. The second-order valence-electron chi connectivity index (χ2n) is 7.51. The molecule has 156 valence electrons. The van der Waals surface area contributed by atoms with Crippen molar-refractivity contribution in [2.75, 3.05) is 31.1 Å². The largest absolute Gasteiger partial charge is 0.465 e. The van der Waals surface area contributed by atoms with Gasteiger partial charge in [0.05, 0.1) is 17.9 Å². The summed E-state index contributed by atoms with van der Waals surface area (Å²) in [5, 5.41) is 0. The van der Waals surface area contributed by atoms with E-state index in [0.29, 0.717) is 12.5 Å². The molecule has 29 heavy (non-hydrogen) atoms. The number of esters is 1. The average Bonchev–Trinajstić information content (AvgIpc) is 3.18. The van der Waals surface area contributed by atoms with Crippen molar-refractivity contribution in [3.05, 3.63) is 59.7 Å². The maximum absolute atomic E-state index is 12.3. The molecule has 0 bridgehead atoms. The van der Waals surface area contributed by atoms with Crippen molar-refractivity contribution in [2.24, 2.45) is 5.92 Å². The van der Waals surface area contributed by atoms with Crippen LogP contribution in [0, 0.1) is 19.8 Å². The van der Waals surface area contributed by atoms with Gasteiger partial charge in [0.1, 0.15) is 0 Å². The monoisotopic (exact) mass is 416 g/mol. The minimum atomic E-state index is -3.63. The first-order valence-corrected chi connectivity index (χ1v) is 11.4. The van der Waals surface area contributed by atoms with Gasteiger partial charge in [0.2, 0.25) is 10.0 Å². The fourth-order valence-electron chi connectivity index (χ4n) is 3.38. The van der Waals surface area contributed by atoms with Gasteiger partial charge >= 0.3 is 5.97 Å². The van der Waals surface area contributed by atoms with Crippen LogP contribution < -0.4 is 9.62 Å². The van der Waals surface area contributed by atoms with Gasteiger partial charge in [-0.3, -0.25) is 4.79 Å². The highest BCUT2D eigenvalue weighted by Crippen LogP contribution is 2.23. The molecule has 6 nitrogen and oxygen atoms in total. The summed E-state index contributed by atoms with van der Waals surface area (Å²) in [4.78, 5) is 14.5. The zero-order valence-electron chi connectivity index (χ0n) is 16.9. The number of hydrogen-bond acceptors (Lipinski definition) is 5. The number of benzene rings is 2. The van der Waals surface area contributed by atoms with Crippen LogP contribution in [-0.4, -0.2) is 40.6 Å². The Kier molecular flexibility index (Phi) is 6.92. The van der Waals surface area contributed by atoms with Crippen LogP contribution >= 0.6 is 0 Å². The lowest BCUT2D eigenvalue weighted by Crippen LogP contribution is -2.27. The predicted molar refractivity (Wildman–Crippen MR) is 113 cm³/mol. The molecule has 1 N–H and O–H groups in total. The summed E-state index contributed by atoms with van der Waals surface area (Å²) >= 11 is 0. The van der Waals surface area contributed by atoms with Gasteiger partial charge in [0, 0.05) is 31.2 Å². The number of nitrogens with zero attached hydrogens (tertiary/aromatic N) is 1. The number of ether oxygens (including phenoxy) is 1. The van der Waals surface area contributed by atoms with E-state index in [0.717, 1.165) is 30.6 Å². The summed E-state index contributed by atoms with van der Waals surface area (Å²) in [6.45, 7) is 5.99. The summed E-state index contributed by atoms with van der Waals surface area (Å²) < 4.78 is 32.5. The van der Waals surface area contributed by atoms with E-state index < -0.39 is 10.0 Å². The lowest BCUT2D eigenvalue weighted by Gasteiger charge is -2.18. The molecule has 0 aromatic heterocycles. The molecule has 1 fully saturated rings. The van der Waals surface area contributed by atoms with E-state index in [1.54, 1.807) is 18.2 Å². The lowest BCUT2D eigenvalue weighted by atomic mass is 10.1. The summed E-state index contributed by atoms with van der Waals surface area (Å²) in [6, 6.07) is 15.2. The third kappa shape index (κ3) is 5.81. The molecule has 0 spiro atoms. The highest BCUT2D eigenvalue weighted by molar-refractivity contribution is 7.89. The minimum Gasteiger partial charge on any atom is -0.465 e. The molecule has 0 saturated carbocycles. The van der Waals surface area contributed by atoms with Crippen molar-refractivity contribution >= 4 is 21.7 Å². The lowest BCUT2D eigenvalue weighted by molar-refractivity contribution is -0.144. The third-order valence-corrected chi connectivity index (χ3v) is 6.76. The molecule has 1 atom stereocenters. The van der Waals surface area contributed by atoms with E-state index in [9.17, 15) is 13.2 Å². The van der Waals surface area contributed by atoms with Crippen LogP contribution in [0.4, 0.5) is 5.69 Å². The smallest absolute Gasteiger partial charge is 0.307 e. The number of para-hydroxylation sites is 1. The van der Waals surface area contributed by atoms with Crippen LogP contribution in [0.1, 0.15) is 24.0 Å². The van der Waals surface area contributed by atoms with Gasteiger partial charge in [0.25, 0.3) is 0 Å². The van der Waals surface area contributed by atoms with Crippen LogP contribution in [0.5, 0.6) is 0 Å². The van der Waals surface area contributed by atoms with Crippen LogP contribution in [0.2, 0.25) is 0 Å². The van der Waals surface area contributed by atoms with Crippen molar-refractivity contribution in [1.29, 1.82) is 0 Å². The first-order chi connectivity index (χ1) is 13.8. The summed E-state index contributed by atoms with van der Waals surface area (Å²) in [7, 11) is -3.63. The molecule has 3 rings (SSSR count). The first kappa shape index (κ1) is 21.3. The second kappa shape index (κ2) is 9.41. The Bertz CT molecular complexity index is 945. The van der Waals surface area contributed by atoms with Gasteiger partial charge in [-0.05, 0) is 55.7 Å². The average molecular weight is 417 g/mol. The summed E-state index contributed by atoms with van der Waals surface area (Å²) in [5.41, 5.74) is 3.13. The highest BCUT2D eigenvalue weighted by atomic mass is 32.2. The Morgan fingerprint density at radius 3 is 2.62 bits per heavy atom. The number of aryl methyl sites for hydroxylation is 2. The Hall–Kier alpha value is -2.38. The molecular weight excluding hydrogens is 388 g/mol. The molecule has 1 aliphatic heterocycles. The molecule has 2 aromatic carbocycles. The van der Waals surface area contributed by atoms with E-state index in [2.05, 4.69) is 21.8 Å². The first-order valence-electron chi connectivity index (χ1n) is 9.88. The standard InChI is InChI=1S/C22H28N2O4S/c1-17-8-9-21(14-18(17)2)29(26,27)23-12-10-22(25)28-16-19-11-13-24(15-19)20-6-4-3-5-7-20/h3-9,14,19,23H,10-13,15-16H2,1-2H3/t19-/m1/s1. The Morgan fingerprint density at radius 2 is 1.90 bits per heavy atom. The van der Waals surface area contributed by atoms with Gasteiger partial charge in [-0.1, -0.05) is 24.3 Å². The van der Waals surface area contributed by atoms with Gasteiger partial charge in [-0.25, -0.2) is 13.1 Å². The van der Waals surface area contributed by atoms with Crippen LogP contribution in [-0.2, 0) is 19.6 Å². The molecule has 1 saturated heterocycles. The molecule has 1 heterocycles. The fourth-order valence-corrected chi connectivity index (χ4v) is 4.49. The van der Waals surface area contributed by atoms with Gasteiger partial charge < -0.3 is 9.64 Å². The Labute approximate surface area is 172 Å². The molecule has 0 amide bonds. The van der Waals surface area contributed by atoms with Gasteiger partial charge in [-0.2, -0.15) is 0 Å². The summed E-state index contributed by atoms with van der Waals surface area (Å²) in [5.74, 6) is -0.0858. The number of carbonyl (C=O) groups excluding carboxylic acids is 1. The number of hydrogen-bond donors (Lipinski definition) is 1. The zero-order chi connectivity index (χ0) is 20.9. The highest BCUT2D eigenvalue weighted by Gasteiger charge is 2.24. The quantitative estimate of drug-likeness (QED) is 0.670. The van der Waals surface area contributed by atoms with Gasteiger partial charge in [0.15, 0.2) is 0 Å². The van der Waals surface area contributed by atoms with Crippen molar-refractivity contribution in [3.63, 3.8) is 0 Å². The van der Waals surface area contributed by atoms with E-state index >= 15 is 0 Å². The van der Waals surface area contributed by atoms with Crippen LogP contribution in [0.15, 0.2) is 53.4 Å². The maximum atomic E-state index is 12.3. The number of rotatable bonds is 8. The topological polar surface area (TPSA) is 75.7 Å². The number of carbonyl (C=O) groups is 1. The fraction of sp³-hybridized carbons (Fsp3) is 0.409. The van der Waals surface area contributed by atoms with E-state index in [1.165, 1.54) is 5.69 Å². The SMILES string of the molecule is Cc1ccc(S(=O)(=O)NCCC(=O)OC[C@@H]2CCN(c3ccccc3)C2)cc1C. The molecule has 0 aliphatic carbocycles. The van der Waals surface area contributed by atoms with Crippen molar-refractivity contribution in [3.8, 4) is 0 Å². The normalized spacial score (nSPS) is 16.8. The van der Waals surface area contributed by atoms with Gasteiger partial charge in [-0.15, -0.1) is 0 Å². The second-order valence-corrected chi connectivity index (χ2v) is 9.28. The van der Waals surface area contributed by atoms with Crippen molar-refractivity contribution in [1.82, 2.24) is 4.72 Å². The third-order valence-electron chi connectivity index (χ3n) is 5.30.